The quantitative estimate of drug-likeness (QED) is 0.464. The van der Waals surface area contributed by atoms with Crippen molar-refractivity contribution in [2.75, 3.05) is 36.5 Å². The molecule has 25 heavy (non-hydrogen) atoms. The number of benzene rings is 1. The normalized spacial score (nSPS) is 20.8. The molecule has 1 saturated heterocycles. The Hall–Kier alpha value is -2.42. The van der Waals surface area contributed by atoms with Crippen molar-refractivity contribution >= 4 is 28.1 Å². The molecule has 0 spiro atoms. The van der Waals surface area contributed by atoms with Crippen molar-refractivity contribution in [3.8, 4) is 0 Å². The van der Waals surface area contributed by atoms with Crippen LogP contribution in [-0.2, 0) is 0 Å². The lowest BCUT2D eigenvalue weighted by Crippen LogP contribution is -2.38. The molecule has 0 aliphatic carbocycles. The molecule has 1 aromatic carbocycles. The second-order valence-corrected chi connectivity index (χ2v) is 6.87. The molecule has 9 nitrogen and oxygen atoms in total. The van der Waals surface area contributed by atoms with Crippen molar-refractivity contribution in [3.05, 3.63) is 16.2 Å². The zero-order valence-electron chi connectivity index (χ0n) is 14.4. The number of rotatable bonds is 6. The highest BCUT2D eigenvalue weighted by Gasteiger charge is 2.30. The minimum absolute atomic E-state index is 0.0164. The van der Waals surface area contributed by atoms with Crippen molar-refractivity contribution in [1.82, 2.24) is 10.3 Å². The topological polar surface area (TPSA) is 118 Å². The molecular formula is C16H23N5O4. The first-order valence-electron chi connectivity index (χ1n) is 8.54. The van der Waals surface area contributed by atoms with Gasteiger partial charge in [-0.25, -0.2) is 4.63 Å². The van der Waals surface area contributed by atoms with Crippen LogP contribution in [0.3, 0.4) is 0 Å². The highest BCUT2D eigenvalue weighted by molar-refractivity contribution is 5.99. The van der Waals surface area contributed by atoms with Crippen molar-refractivity contribution < 1.29 is 14.7 Å². The van der Waals surface area contributed by atoms with E-state index in [0.29, 0.717) is 36.0 Å². The number of aliphatic hydroxyl groups excluding tert-OH is 1. The second kappa shape index (κ2) is 7.22. The largest absolute Gasteiger partial charge is 0.396 e. The third-order valence-electron chi connectivity index (χ3n) is 4.53. The number of aliphatic hydroxyl groups is 1. The van der Waals surface area contributed by atoms with E-state index in [1.807, 2.05) is 0 Å². The van der Waals surface area contributed by atoms with Gasteiger partial charge >= 0.3 is 5.69 Å². The molecule has 1 aliphatic rings. The molecule has 9 heteroatoms. The molecule has 2 atom stereocenters. The highest BCUT2D eigenvalue weighted by atomic mass is 16.6. The molecule has 2 aromatic rings. The number of nitrogens with one attached hydrogen (secondary N) is 1. The van der Waals surface area contributed by atoms with E-state index in [-0.39, 0.29) is 17.8 Å². The number of nitrogens with zero attached hydrogens (tertiary/aromatic N) is 4. The molecule has 3 rings (SSSR count). The van der Waals surface area contributed by atoms with Crippen LogP contribution >= 0.6 is 0 Å². The van der Waals surface area contributed by atoms with Crippen molar-refractivity contribution in [2.24, 2.45) is 11.8 Å². The molecular weight excluding hydrogens is 326 g/mol. The first-order valence-corrected chi connectivity index (χ1v) is 8.54. The lowest BCUT2D eigenvalue weighted by Gasteiger charge is -2.36. The maximum Gasteiger partial charge on any atom is 0.323 e. The zero-order valence-corrected chi connectivity index (χ0v) is 14.4. The maximum atomic E-state index is 11.6. The number of hydrogen-bond acceptors (Lipinski definition) is 8. The summed E-state index contributed by atoms with van der Waals surface area (Å²) in [5.74, 6) is 1.05. The van der Waals surface area contributed by atoms with Gasteiger partial charge in [0.15, 0.2) is 5.52 Å². The first kappa shape index (κ1) is 17.4. The number of aromatic nitrogens is 2. The van der Waals surface area contributed by atoms with Crippen LogP contribution in [0.5, 0.6) is 0 Å². The zero-order chi connectivity index (χ0) is 18.0. The van der Waals surface area contributed by atoms with Gasteiger partial charge in [0.1, 0.15) is 5.69 Å². The van der Waals surface area contributed by atoms with E-state index in [0.717, 1.165) is 25.2 Å². The Morgan fingerprint density at radius 1 is 1.36 bits per heavy atom. The molecule has 2 N–H and O–H groups in total. The smallest absolute Gasteiger partial charge is 0.323 e. The summed E-state index contributed by atoms with van der Waals surface area (Å²) < 4.78 is 4.82. The fraction of sp³-hybridized carbons (Fsp3) is 0.625. The summed E-state index contributed by atoms with van der Waals surface area (Å²) in [5.41, 5.74) is 1.60. The Bertz CT molecular complexity index is 752. The van der Waals surface area contributed by atoms with Gasteiger partial charge in [-0.2, -0.15) is 0 Å². The summed E-state index contributed by atoms with van der Waals surface area (Å²) in [6.07, 6.45) is 1.66. The summed E-state index contributed by atoms with van der Waals surface area (Å²) in [6.45, 7) is 6.57. The molecule has 1 aliphatic heterocycles. The molecule has 2 heterocycles. The average Bonchev–Trinajstić information content (AvgIpc) is 3.02. The summed E-state index contributed by atoms with van der Waals surface area (Å²) >= 11 is 0. The fourth-order valence-corrected chi connectivity index (χ4v) is 3.64. The average molecular weight is 349 g/mol. The Balaban J connectivity index is 2.07. The molecule has 0 radical (unpaired) electrons. The Kier molecular flexibility index (Phi) is 5.03. The number of piperidine rings is 1. The van der Waals surface area contributed by atoms with Crippen molar-refractivity contribution in [1.29, 1.82) is 0 Å². The van der Waals surface area contributed by atoms with Gasteiger partial charge < -0.3 is 15.3 Å². The molecule has 0 unspecified atom stereocenters. The number of fused-ring (bicyclic) bond motifs is 1. The molecule has 0 saturated carbocycles. The van der Waals surface area contributed by atoms with E-state index in [1.54, 1.807) is 6.07 Å². The number of nitro benzene ring substituents is 1. The number of anilines is 2. The van der Waals surface area contributed by atoms with E-state index in [9.17, 15) is 10.1 Å². The van der Waals surface area contributed by atoms with Crippen LogP contribution in [0, 0.1) is 22.0 Å². The monoisotopic (exact) mass is 349 g/mol. The molecule has 0 bridgehead atoms. The second-order valence-electron chi connectivity index (χ2n) is 6.87. The lowest BCUT2D eigenvalue weighted by atomic mass is 9.91. The lowest BCUT2D eigenvalue weighted by molar-refractivity contribution is -0.382. The molecule has 0 amide bonds. The summed E-state index contributed by atoms with van der Waals surface area (Å²) in [5, 5.41) is 31.3. The predicted octanol–water partition coefficient (Wildman–Crippen LogP) is 2.41. The summed E-state index contributed by atoms with van der Waals surface area (Å²) in [6, 6.07) is 1.76. The minimum Gasteiger partial charge on any atom is -0.396 e. The van der Waals surface area contributed by atoms with Crippen LogP contribution < -0.4 is 10.2 Å². The number of nitro groups is 1. The third-order valence-corrected chi connectivity index (χ3v) is 4.53. The van der Waals surface area contributed by atoms with E-state index < -0.39 is 4.92 Å². The van der Waals surface area contributed by atoms with Crippen LogP contribution in [0.2, 0.25) is 0 Å². The van der Waals surface area contributed by atoms with Crippen LogP contribution in [0.25, 0.3) is 11.0 Å². The van der Waals surface area contributed by atoms with E-state index in [2.05, 4.69) is 34.4 Å². The van der Waals surface area contributed by atoms with E-state index in [1.165, 1.54) is 0 Å². The van der Waals surface area contributed by atoms with Crippen molar-refractivity contribution in [2.45, 2.75) is 26.7 Å². The predicted molar refractivity (Wildman–Crippen MR) is 93.8 cm³/mol. The number of hydrogen-bond donors (Lipinski definition) is 2. The van der Waals surface area contributed by atoms with Gasteiger partial charge in [-0.1, -0.05) is 13.8 Å². The standard InChI is InChI=1S/C16H23N5O4/c1-10-6-11(2)9-20(8-10)13-7-12(17-4-3-5-22)16(21(23)24)15-14(13)18-25-19-15/h7,10-11,17,22H,3-6,8-9H2,1-2H3/t10-,11+. The van der Waals surface area contributed by atoms with Gasteiger partial charge in [0, 0.05) is 26.2 Å². The first-order chi connectivity index (χ1) is 12.0. The maximum absolute atomic E-state index is 11.6. The van der Waals surface area contributed by atoms with Crippen molar-refractivity contribution in [3.63, 3.8) is 0 Å². The van der Waals surface area contributed by atoms with Gasteiger partial charge in [-0.3, -0.25) is 10.1 Å². The van der Waals surface area contributed by atoms with Crippen LogP contribution in [-0.4, -0.2) is 46.6 Å². The van der Waals surface area contributed by atoms with Gasteiger partial charge in [0.25, 0.3) is 0 Å². The summed E-state index contributed by atoms with van der Waals surface area (Å²) in [7, 11) is 0. The molecule has 1 fully saturated rings. The Labute approximate surface area is 145 Å². The SMILES string of the molecule is C[C@@H]1C[C@H](C)CN(c2cc(NCCCO)c([N+](=O)[O-])c3nonc23)C1. The minimum atomic E-state index is -0.473. The fourth-order valence-electron chi connectivity index (χ4n) is 3.64. The van der Waals surface area contributed by atoms with Gasteiger partial charge in [-0.15, -0.1) is 0 Å². The van der Waals surface area contributed by atoms with Crippen LogP contribution in [0.4, 0.5) is 17.1 Å². The van der Waals surface area contributed by atoms with Crippen LogP contribution in [0.1, 0.15) is 26.7 Å². The van der Waals surface area contributed by atoms with Crippen LogP contribution in [0.15, 0.2) is 10.7 Å². The van der Waals surface area contributed by atoms with E-state index in [4.69, 9.17) is 9.74 Å². The van der Waals surface area contributed by atoms with Gasteiger partial charge in [-0.05, 0) is 41.1 Å². The highest BCUT2D eigenvalue weighted by Crippen LogP contribution is 2.40. The Morgan fingerprint density at radius 3 is 2.68 bits per heavy atom. The van der Waals surface area contributed by atoms with Gasteiger partial charge in [0.05, 0.1) is 10.6 Å². The van der Waals surface area contributed by atoms with Gasteiger partial charge in [0.2, 0.25) is 5.52 Å². The molecule has 136 valence electrons. The molecule has 1 aromatic heterocycles. The summed E-state index contributed by atoms with van der Waals surface area (Å²) in [4.78, 5) is 13.3. The Morgan fingerprint density at radius 2 is 2.04 bits per heavy atom. The van der Waals surface area contributed by atoms with E-state index >= 15 is 0 Å². The third kappa shape index (κ3) is 3.51.